The van der Waals surface area contributed by atoms with Gasteiger partial charge in [-0.2, -0.15) is 0 Å². The number of aromatic hydroxyl groups is 2. The Hall–Kier alpha value is -2.70. The first kappa shape index (κ1) is 16.7. The van der Waals surface area contributed by atoms with Crippen LogP contribution in [0.4, 0.5) is 8.78 Å². The maximum Gasteiger partial charge on any atom is 0.162 e. The molecule has 1 heterocycles. The first-order chi connectivity index (χ1) is 10.7. The fourth-order valence-electron chi connectivity index (χ4n) is 1.71. The van der Waals surface area contributed by atoms with Gasteiger partial charge in [-0.05, 0) is 39.0 Å². The zero-order chi connectivity index (χ0) is 17.2. The van der Waals surface area contributed by atoms with Crippen molar-refractivity contribution in [3.05, 3.63) is 53.4 Å². The van der Waals surface area contributed by atoms with Crippen LogP contribution in [0.3, 0.4) is 0 Å². The van der Waals surface area contributed by atoms with Gasteiger partial charge >= 0.3 is 0 Å². The van der Waals surface area contributed by atoms with Crippen molar-refractivity contribution in [2.45, 2.75) is 26.4 Å². The summed E-state index contributed by atoms with van der Waals surface area (Å²) in [5.74, 6) is -3.16. The Balaban J connectivity index is 2.64. The molecule has 122 valence electrons. The second-order valence-electron chi connectivity index (χ2n) is 5.80. The summed E-state index contributed by atoms with van der Waals surface area (Å²) in [5.41, 5.74) is -0.973. The lowest BCUT2D eigenvalue weighted by molar-refractivity contribution is 0.00108. The van der Waals surface area contributed by atoms with E-state index in [-0.39, 0.29) is 22.7 Å². The molecule has 7 heteroatoms. The second-order valence-corrected chi connectivity index (χ2v) is 5.80. The second kappa shape index (κ2) is 6.20. The summed E-state index contributed by atoms with van der Waals surface area (Å²) >= 11 is 0. The summed E-state index contributed by atoms with van der Waals surface area (Å²) in [7, 11) is 0. The highest BCUT2D eigenvalue weighted by molar-refractivity contribution is 6.14. The minimum Gasteiger partial charge on any atom is -0.507 e. The molecule has 0 amide bonds. The van der Waals surface area contributed by atoms with Crippen molar-refractivity contribution in [3.8, 4) is 11.5 Å². The minimum absolute atomic E-state index is 0.0296. The van der Waals surface area contributed by atoms with Crippen LogP contribution in [0.25, 0.3) is 0 Å². The molecule has 0 radical (unpaired) electrons. The smallest absolute Gasteiger partial charge is 0.162 e. The highest BCUT2D eigenvalue weighted by Gasteiger charge is 2.21. The van der Waals surface area contributed by atoms with Crippen LogP contribution in [0.5, 0.6) is 11.5 Å². The molecule has 0 unspecified atom stereocenters. The van der Waals surface area contributed by atoms with Crippen LogP contribution in [0.2, 0.25) is 0 Å². The standard InChI is InChI=1S/C16H16F2N2O3/c1-16(2,3)23-20-14(15-12(21)5-4-6-19-15)9-7-10(17)11(18)8-13(9)22/h4-8,21-22H,1-3H3/b20-14-. The quantitative estimate of drug-likeness (QED) is 0.671. The summed E-state index contributed by atoms with van der Waals surface area (Å²) in [6.07, 6.45) is 1.39. The molecule has 0 aliphatic heterocycles. The van der Waals surface area contributed by atoms with E-state index in [4.69, 9.17) is 4.84 Å². The molecular formula is C16H16F2N2O3. The Morgan fingerprint density at radius 3 is 2.39 bits per heavy atom. The lowest BCUT2D eigenvalue weighted by atomic mass is 10.0. The topological polar surface area (TPSA) is 74.9 Å². The van der Waals surface area contributed by atoms with Gasteiger partial charge in [-0.1, -0.05) is 5.16 Å². The minimum atomic E-state index is -1.20. The number of halogens is 2. The number of phenols is 1. The van der Waals surface area contributed by atoms with Gasteiger partial charge in [-0.15, -0.1) is 0 Å². The first-order valence-corrected chi connectivity index (χ1v) is 6.78. The number of pyridine rings is 1. The zero-order valence-corrected chi connectivity index (χ0v) is 12.8. The molecule has 0 atom stereocenters. The molecule has 0 aliphatic carbocycles. The van der Waals surface area contributed by atoms with Crippen molar-refractivity contribution in [3.63, 3.8) is 0 Å². The van der Waals surface area contributed by atoms with Gasteiger partial charge in [0.1, 0.15) is 28.5 Å². The summed E-state index contributed by atoms with van der Waals surface area (Å²) in [6.45, 7) is 5.20. The highest BCUT2D eigenvalue weighted by Crippen LogP contribution is 2.27. The van der Waals surface area contributed by atoms with Gasteiger partial charge in [0.15, 0.2) is 11.6 Å². The molecule has 2 aromatic rings. The number of hydrogen-bond donors (Lipinski definition) is 2. The van der Waals surface area contributed by atoms with Gasteiger partial charge in [0.05, 0.1) is 5.56 Å². The Labute approximate surface area is 131 Å². The van der Waals surface area contributed by atoms with Crippen molar-refractivity contribution >= 4 is 5.71 Å². The Morgan fingerprint density at radius 1 is 1.13 bits per heavy atom. The maximum atomic E-state index is 13.5. The number of nitrogens with zero attached hydrogens (tertiary/aromatic N) is 2. The van der Waals surface area contributed by atoms with E-state index in [0.29, 0.717) is 6.07 Å². The average Bonchev–Trinajstić information content (AvgIpc) is 2.45. The van der Waals surface area contributed by atoms with E-state index < -0.39 is 23.0 Å². The van der Waals surface area contributed by atoms with Gasteiger partial charge < -0.3 is 15.1 Å². The van der Waals surface area contributed by atoms with Crippen LogP contribution in [0.15, 0.2) is 35.6 Å². The Morgan fingerprint density at radius 2 is 1.78 bits per heavy atom. The van der Waals surface area contributed by atoms with Crippen molar-refractivity contribution in [1.82, 2.24) is 4.98 Å². The molecule has 0 saturated carbocycles. The summed E-state index contributed by atoms with van der Waals surface area (Å²) < 4.78 is 26.8. The van der Waals surface area contributed by atoms with Gasteiger partial charge in [0.2, 0.25) is 0 Å². The van der Waals surface area contributed by atoms with Gasteiger partial charge in [0.25, 0.3) is 0 Å². The highest BCUT2D eigenvalue weighted by atomic mass is 19.2. The van der Waals surface area contributed by atoms with Crippen molar-refractivity contribution in [2.24, 2.45) is 5.16 Å². The molecule has 1 aromatic carbocycles. The third-order valence-electron chi connectivity index (χ3n) is 2.72. The Kier molecular flexibility index (Phi) is 4.49. The molecule has 1 aromatic heterocycles. The van der Waals surface area contributed by atoms with E-state index in [1.165, 1.54) is 18.3 Å². The fourth-order valence-corrected chi connectivity index (χ4v) is 1.71. The summed E-state index contributed by atoms with van der Waals surface area (Å²) in [5, 5.41) is 23.7. The number of benzene rings is 1. The number of rotatable bonds is 3. The van der Waals surface area contributed by atoms with Crippen molar-refractivity contribution in [1.29, 1.82) is 0 Å². The number of phenolic OH excluding ortho intramolecular Hbond substituents is 1. The van der Waals surface area contributed by atoms with Crippen LogP contribution in [0, 0.1) is 11.6 Å². The molecule has 0 bridgehead atoms. The van der Waals surface area contributed by atoms with Crippen LogP contribution in [-0.2, 0) is 4.84 Å². The number of oxime groups is 1. The predicted molar refractivity (Wildman–Crippen MR) is 80.4 cm³/mol. The third-order valence-corrected chi connectivity index (χ3v) is 2.72. The molecule has 5 nitrogen and oxygen atoms in total. The van der Waals surface area contributed by atoms with Crippen LogP contribution >= 0.6 is 0 Å². The number of aromatic nitrogens is 1. The van der Waals surface area contributed by atoms with Crippen LogP contribution < -0.4 is 0 Å². The van der Waals surface area contributed by atoms with Crippen molar-refractivity contribution < 1.29 is 23.8 Å². The largest absolute Gasteiger partial charge is 0.507 e. The molecule has 0 spiro atoms. The van der Waals surface area contributed by atoms with E-state index in [1.807, 2.05) is 0 Å². The lowest BCUT2D eigenvalue weighted by Crippen LogP contribution is -2.18. The SMILES string of the molecule is CC(C)(C)O/N=C(/c1cc(F)c(F)cc1O)c1ncccc1O. The van der Waals surface area contributed by atoms with Gasteiger partial charge in [-0.3, -0.25) is 4.98 Å². The van der Waals surface area contributed by atoms with Crippen LogP contribution in [0.1, 0.15) is 32.0 Å². The zero-order valence-electron chi connectivity index (χ0n) is 12.8. The molecule has 0 fully saturated rings. The van der Waals surface area contributed by atoms with E-state index in [0.717, 1.165) is 6.07 Å². The monoisotopic (exact) mass is 322 g/mol. The van der Waals surface area contributed by atoms with Crippen molar-refractivity contribution in [2.75, 3.05) is 0 Å². The molecule has 2 N–H and O–H groups in total. The summed E-state index contributed by atoms with van der Waals surface area (Å²) in [6, 6.07) is 4.24. The molecule has 0 saturated heterocycles. The number of hydrogen-bond acceptors (Lipinski definition) is 5. The van der Waals surface area contributed by atoms with Gasteiger partial charge in [0, 0.05) is 12.3 Å². The maximum absolute atomic E-state index is 13.5. The predicted octanol–water partition coefficient (Wildman–Crippen LogP) is 3.34. The van der Waals surface area contributed by atoms with Crippen LogP contribution in [-0.4, -0.2) is 26.5 Å². The third kappa shape index (κ3) is 3.94. The fraction of sp³-hybridized carbons (Fsp3) is 0.250. The van der Waals surface area contributed by atoms with E-state index in [9.17, 15) is 19.0 Å². The van der Waals surface area contributed by atoms with E-state index >= 15 is 0 Å². The Bertz CT molecular complexity index is 755. The molecule has 0 aliphatic rings. The summed E-state index contributed by atoms with van der Waals surface area (Å²) in [4.78, 5) is 9.25. The first-order valence-electron chi connectivity index (χ1n) is 6.78. The molecule has 2 rings (SSSR count). The molecular weight excluding hydrogens is 306 g/mol. The normalized spacial score (nSPS) is 12.3. The van der Waals surface area contributed by atoms with Gasteiger partial charge in [-0.25, -0.2) is 8.78 Å². The van der Waals surface area contributed by atoms with E-state index in [2.05, 4.69) is 10.1 Å². The lowest BCUT2D eigenvalue weighted by Gasteiger charge is -2.17. The van der Waals surface area contributed by atoms with E-state index in [1.54, 1.807) is 20.8 Å². The average molecular weight is 322 g/mol. The molecule has 23 heavy (non-hydrogen) atoms.